The van der Waals surface area contributed by atoms with Crippen LogP contribution < -0.4 is 0 Å². The molecular formula is C16H18O3S. The molecule has 0 fully saturated rings. The van der Waals surface area contributed by atoms with Gasteiger partial charge in [0.05, 0.1) is 10.6 Å². The van der Waals surface area contributed by atoms with Gasteiger partial charge >= 0.3 is 0 Å². The van der Waals surface area contributed by atoms with Crippen LogP contribution in [0.1, 0.15) is 19.8 Å². The summed E-state index contributed by atoms with van der Waals surface area (Å²) in [6, 6.07) is 13.6. The van der Waals surface area contributed by atoms with E-state index >= 15 is 0 Å². The standard InChI is InChI=1S/C16H18O3S/c1-2-3-12-20(18,19)16-11-7-5-9-14(16)13-8-4-6-10-15(13)17/h4-11,17H,2-3,12H2,1H3. The van der Waals surface area contributed by atoms with Crippen LogP contribution in [-0.2, 0) is 9.84 Å². The summed E-state index contributed by atoms with van der Waals surface area (Å²) in [4.78, 5) is 0.287. The number of unbranched alkanes of at least 4 members (excludes halogenated alkanes) is 1. The van der Waals surface area contributed by atoms with Gasteiger partial charge in [-0.1, -0.05) is 49.7 Å². The number of phenols is 1. The van der Waals surface area contributed by atoms with Gasteiger partial charge in [-0.3, -0.25) is 0 Å². The quantitative estimate of drug-likeness (QED) is 0.914. The van der Waals surface area contributed by atoms with Crippen LogP contribution in [0.3, 0.4) is 0 Å². The van der Waals surface area contributed by atoms with E-state index in [-0.39, 0.29) is 16.4 Å². The molecule has 3 nitrogen and oxygen atoms in total. The monoisotopic (exact) mass is 290 g/mol. The second-order valence-electron chi connectivity index (χ2n) is 4.69. The third-order valence-electron chi connectivity index (χ3n) is 3.18. The highest BCUT2D eigenvalue weighted by Crippen LogP contribution is 2.33. The summed E-state index contributed by atoms with van der Waals surface area (Å²) in [5.41, 5.74) is 1.10. The van der Waals surface area contributed by atoms with Gasteiger partial charge in [-0.2, -0.15) is 0 Å². The van der Waals surface area contributed by atoms with Gasteiger partial charge in [0, 0.05) is 11.1 Å². The fourth-order valence-electron chi connectivity index (χ4n) is 2.11. The summed E-state index contributed by atoms with van der Waals surface area (Å²) in [5.74, 6) is 0.222. The molecule has 2 aromatic carbocycles. The molecule has 2 rings (SSSR count). The van der Waals surface area contributed by atoms with E-state index < -0.39 is 9.84 Å². The molecule has 0 bridgehead atoms. The van der Waals surface area contributed by atoms with E-state index in [0.717, 1.165) is 6.42 Å². The van der Waals surface area contributed by atoms with Gasteiger partial charge in [0.2, 0.25) is 0 Å². The summed E-state index contributed by atoms with van der Waals surface area (Å²) in [7, 11) is -3.33. The van der Waals surface area contributed by atoms with Gasteiger partial charge in [-0.15, -0.1) is 0 Å². The molecule has 0 heterocycles. The van der Waals surface area contributed by atoms with Crippen LogP contribution in [0.5, 0.6) is 5.75 Å². The van der Waals surface area contributed by atoms with Gasteiger partial charge in [0.1, 0.15) is 5.75 Å². The normalized spacial score (nSPS) is 11.4. The number of para-hydroxylation sites is 1. The van der Waals surface area contributed by atoms with E-state index in [1.807, 2.05) is 6.92 Å². The average molecular weight is 290 g/mol. The summed E-state index contributed by atoms with van der Waals surface area (Å²) in [5, 5.41) is 9.94. The van der Waals surface area contributed by atoms with Crippen LogP contribution in [0.15, 0.2) is 53.4 Å². The highest BCUT2D eigenvalue weighted by atomic mass is 32.2. The predicted molar refractivity (Wildman–Crippen MR) is 80.5 cm³/mol. The van der Waals surface area contributed by atoms with E-state index in [2.05, 4.69) is 0 Å². The molecule has 0 saturated heterocycles. The van der Waals surface area contributed by atoms with Crippen molar-refractivity contribution >= 4 is 9.84 Å². The number of hydrogen-bond donors (Lipinski definition) is 1. The highest BCUT2D eigenvalue weighted by molar-refractivity contribution is 7.91. The van der Waals surface area contributed by atoms with Crippen molar-refractivity contribution in [3.8, 4) is 16.9 Å². The third kappa shape index (κ3) is 3.02. The Morgan fingerprint density at radius 3 is 2.20 bits per heavy atom. The van der Waals surface area contributed by atoms with Crippen LogP contribution in [0.4, 0.5) is 0 Å². The first-order valence-electron chi connectivity index (χ1n) is 6.66. The van der Waals surface area contributed by atoms with Gasteiger partial charge in [0.25, 0.3) is 0 Å². The Bertz CT molecular complexity index is 690. The number of phenolic OH excluding ortho intramolecular Hbond substituents is 1. The van der Waals surface area contributed by atoms with E-state index in [0.29, 0.717) is 17.5 Å². The van der Waals surface area contributed by atoms with E-state index in [9.17, 15) is 13.5 Å². The zero-order chi connectivity index (χ0) is 14.6. The van der Waals surface area contributed by atoms with Gasteiger partial charge < -0.3 is 5.11 Å². The molecule has 1 N–H and O–H groups in total. The molecule has 0 radical (unpaired) electrons. The van der Waals surface area contributed by atoms with Crippen LogP contribution >= 0.6 is 0 Å². The third-order valence-corrected chi connectivity index (χ3v) is 5.04. The second kappa shape index (κ2) is 6.09. The van der Waals surface area contributed by atoms with Crippen molar-refractivity contribution in [1.29, 1.82) is 0 Å². The summed E-state index contributed by atoms with van der Waals surface area (Å²) >= 11 is 0. The molecule has 0 atom stereocenters. The lowest BCUT2D eigenvalue weighted by molar-refractivity contribution is 0.477. The molecule has 0 aromatic heterocycles. The lowest BCUT2D eigenvalue weighted by atomic mass is 10.0. The zero-order valence-corrected chi connectivity index (χ0v) is 12.2. The molecule has 0 aliphatic carbocycles. The van der Waals surface area contributed by atoms with Gasteiger partial charge in [0.15, 0.2) is 9.84 Å². The van der Waals surface area contributed by atoms with Crippen molar-refractivity contribution < 1.29 is 13.5 Å². The number of aromatic hydroxyl groups is 1. The summed E-state index contributed by atoms with van der Waals surface area (Å²) < 4.78 is 24.8. The first-order chi connectivity index (χ1) is 9.56. The maximum absolute atomic E-state index is 12.4. The topological polar surface area (TPSA) is 54.4 Å². The van der Waals surface area contributed by atoms with Crippen molar-refractivity contribution in [1.82, 2.24) is 0 Å². The fourth-order valence-corrected chi connectivity index (χ4v) is 3.79. The molecule has 0 amide bonds. The lowest BCUT2D eigenvalue weighted by Crippen LogP contribution is -2.08. The van der Waals surface area contributed by atoms with Crippen molar-refractivity contribution in [2.24, 2.45) is 0 Å². The van der Waals surface area contributed by atoms with Crippen molar-refractivity contribution in [2.45, 2.75) is 24.7 Å². The molecule has 20 heavy (non-hydrogen) atoms. The molecule has 0 aliphatic rings. The highest BCUT2D eigenvalue weighted by Gasteiger charge is 2.19. The minimum absolute atomic E-state index is 0.0886. The SMILES string of the molecule is CCCCS(=O)(=O)c1ccccc1-c1ccccc1O. The average Bonchev–Trinajstić information content (AvgIpc) is 2.46. The van der Waals surface area contributed by atoms with Crippen molar-refractivity contribution in [3.63, 3.8) is 0 Å². The molecule has 0 unspecified atom stereocenters. The second-order valence-corrected chi connectivity index (χ2v) is 6.76. The summed E-state index contributed by atoms with van der Waals surface area (Å²) in [6.45, 7) is 1.96. The van der Waals surface area contributed by atoms with Crippen LogP contribution in [-0.4, -0.2) is 19.3 Å². The largest absolute Gasteiger partial charge is 0.507 e. The Morgan fingerprint density at radius 1 is 0.950 bits per heavy atom. The maximum Gasteiger partial charge on any atom is 0.178 e. The number of rotatable bonds is 5. The van der Waals surface area contributed by atoms with Crippen LogP contribution in [0.25, 0.3) is 11.1 Å². The van der Waals surface area contributed by atoms with Gasteiger partial charge in [-0.05, 0) is 18.6 Å². The first-order valence-corrected chi connectivity index (χ1v) is 8.31. The number of benzene rings is 2. The Labute approximate surface area is 119 Å². The molecule has 0 saturated carbocycles. The smallest absolute Gasteiger partial charge is 0.178 e. The zero-order valence-electron chi connectivity index (χ0n) is 11.4. The van der Waals surface area contributed by atoms with Crippen LogP contribution in [0, 0.1) is 0 Å². The Kier molecular flexibility index (Phi) is 4.45. The predicted octanol–water partition coefficient (Wildman–Crippen LogP) is 3.63. The molecule has 106 valence electrons. The Balaban J connectivity index is 2.55. The molecule has 0 aliphatic heterocycles. The molecule has 0 spiro atoms. The molecule has 2 aromatic rings. The van der Waals surface area contributed by atoms with E-state index in [4.69, 9.17) is 0 Å². The molecule has 4 heteroatoms. The fraction of sp³-hybridized carbons (Fsp3) is 0.250. The lowest BCUT2D eigenvalue weighted by Gasteiger charge is -2.11. The van der Waals surface area contributed by atoms with Gasteiger partial charge in [-0.25, -0.2) is 8.42 Å². The number of sulfone groups is 1. The first kappa shape index (κ1) is 14.6. The Hall–Kier alpha value is -1.81. The minimum Gasteiger partial charge on any atom is -0.507 e. The maximum atomic E-state index is 12.4. The minimum atomic E-state index is -3.33. The Morgan fingerprint density at radius 2 is 1.55 bits per heavy atom. The van der Waals surface area contributed by atoms with Crippen LogP contribution in [0.2, 0.25) is 0 Å². The van der Waals surface area contributed by atoms with Crippen molar-refractivity contribution in [2.75, 3.05) is 5.75 Å². The van der Waals surface area contributed by atoms with Crippen molar-refractivity contribution in [3.05, 3.63) is 48.5 Å². The van der Waals surface area contributed by atoms with E-state index in [1.165, 1.54) is 0 Å². The van der Waals surface area contributed by atoms with E-state index in [1.54, 1.807) is 48.5 Å². The number of hydrogen-bond acceptors (Lipinski definition) is 3. The summed E-state index contributed by atoms with van der Waals surface area (Å²) in [6.07, 6.45) is 1.47. The molecular weight excluding hydrogens is 272 g/mol.